The van der Waals surface area contributed by atoms with Gasteiger partial charge in [-0.3, -0.25) is 0 Å². The van der Waals surface area contributed by atoms with Crippen molar-refractivity contribution in [3.05, 3.63) is 133 Å². The summed E-state index contributed by atoms with van der Waals surface area (Å²) < 4.78 is 0. The lowest BCUT2D eigenvalue weighted by Gasteiger charge is -2.22. The van der Waals surface area contributed by atoms with Crippen LogP contribution in [0.3, 0.4) is 0 Å². The van der Waals surface area contributed by atoms with Gasteiger partial charge in [0.25, 0.3) is 0 Å². The largest absolute Gasteiger partial charge is 0.250 e. The molecule has 0 fully saturated rings. The second-order valence-corrected chi connectivity index (χ2v) is 13.9. The first-order valence-corrected chi connectivity index (χ1v) is 15.5. The maximum Gasteiger partial charge on any atom is 0.0974 e. The van der Waals surface area contributed by atoms with Crippen LogP contribution >= 0.6 is 0 Å². The zero-order valence-corrected chi connectivity index (χ0v) is 26.4. The first kappa shape index (κ1) is 28.0. The van der Waals surface area contributed by atoms with Crippen LogP contribution < -0.4 is 0 Å². The SMILES string of the molecule is CC(C)(C)c1ccc2ccc3c(-c4cccc(-c5ccc(-c6ccccc6)c6ccccc56)c4)cc(C(C)(C)C)nc3c2n1. The van der Waals surface area contributed by atoms with E-state index >= 15 is 0 Å². The van der Waals surface area contributed by atoms with Gasteiger partial charge >= 0.3 is 0 Å². The number of hydrogen-bond donors (Lipinski definition) is 0. The van der Waals surface area contributed by atoms with Crippen LogP contribution in [0.1, 0.15) is 52.9 Å². The Bertz CT molecular complexity index is 2180. The van der Waals surface area contributed by atoms with Gasteiger partial charge in [-0.1, -0.05) is 145 Å². The molecule has 2 nitrogen and oxygen atoms in total. The van der Waals surface area contributed by atoms with E-state index in [1.807, 2.05) is 0 Å². The summed E-state index contributed by atoms with van der Waals surface area (Å²) in [6, 6.07) is 44.0. The van der Waals surface area contributed by atoms with Crippen molar-refractivity contribution in [2.45, 2.75) is 52.4 Å². The van der Waals surface area contributed by atoms with E-state index in [4.69, 9.17) is 9.97 Å². The molecule has 0 spiro atoms. The molecular formula is C42H38N2. The third-order valence-corrected chi connectivity index (χ3v) is 8.67. The highest BCUT2D eigenvalue weighted by atomic mass is 14.8. The van der Waals surface area contributed by atoms with Gasteiger partial charge < -0.3 is 0 Å². The Balaban J connectivity index is 1.45. The molecule has 216 valence electrons. The molecule has 0 unspecified atom stereocenters. The van der Waals surface area contributed by atoms with Crippen molar-refractivity contribution >= 4 is 32.6 Å². The minimum absolute atomic E-state index is 0.0476. The molecule has 0 radical (unpaired) electrons. The Hall–Kier alpha value is -4.82. The van der Waals surface area contributed by atoms with Crippen molar-refractivity contribution in [2.75, 3.05) is 0 Å². The molecular weight excluding hydrogens is 532 g/mol. The van der Waals surface area contributed by atoms with E-state index in [2.05, 4.69) is 163 Å². The highest BCUT2D eigenvalue weighted by molar-refractivity contribution is 6.09. The lowest BCUT2D eigenvalue weighted by molar-refractivity contribution is 0.570. The summed E-state index contributed by atoms with van der Waals surface area (Å²) in [7, 11) is 0. The van der Waals surface area contributed by atoms with Crippen molar-refractivity contribution in [3.63, 3.8) is 0 Å². The summed E-state index contributed by atoms with van der Waals surface area (Å²) in [6.45, 7) is 13.4. The van der Waals surface area contributed by atoms with Gasteiger partial charge in [0.1, 0.15) is 0 Å². The van der Waals surface area contributed by atoms with E-state index in [-0.39, 0.29) is 10.8 Å². The predicted molar refractivity (Wildman–Crippen MR) is 188 cm³/mol. The molecule has 7 rings (SSSR count). The third-order valence-electron chi connectivity index (χ3n) is 8.67. The Morgan fingerprint density at radius 1 is 0.386 bits per heavy atom. The third kappa shape index (κ3) is 4.95. The minimum Gasteiger partial charge on any atom is -0.250 e. The number of rotatable bonds is 3. The zero-order valence-electron chi connectivity index (χ0n) is 26.4. The fourth-order valence-electron chi connectivity index (χ4n) is 6.19. The molecule has 0 bridgehead atoms. The van der Waals surface area contributed by atoms with Gasteiger partial charge in [0.15, 0.2) is 0 Å². The van der Waals surface area contributed by atoms with Gasteiger partial charge in [-0.25, -0.2) is 9.97 Å². The Kier molecular flexibility index (Phi) is 6.62. The number of aromatic nitrogens is 2. The predicted octanol–water partition coefficient (Wildman–Crippen LogP) is 11.5. The Morgan fingerprint density at radius 3 is 1.59 bits per heavy atom. The molecule has 2 aromatic heterocycles. The summed E-state index contributed by atoms with van der Waals surface area (Å²) in [5, 5.41) is 4.77. The number of hydrogen-bond acceptors (Lipinski definition) is 2. The van der Waals surface area contributed by atoms with Crippen LogP contribution in [0.2, 0.25) is 0 Å². The molecule has 0 aliphatic heterocycles. The fourth-order valence-corrected chi connectivity index (χ4v) is 6.19. The first-order valence-electron chi connectivity index (χ1n) is 15.5. The van der Waals surface area contributed by atoms with E-state index in [1.165, 1.54) is 44.2 Å². The van der Waals surface area contributed by atoms with Gasteiger partial charge in [-0.2, -0.15) is 0 Å². The van der Waals surface area contributed by atoms with Gasteiger partial charge in [-0.05, 0) is 62.4 Å². The van der Waals surface area contributed by atoms with E-state index in [9.17, 15) is 0 Å². The van der Waals surface area contributed by atoms with E-state index < -0.39 is 0 Å². The summed E-state index contributed by atoms with van der Waals surface area (Å²) in [4.78, 5) is 10.5. The van der Waals surface area contributed by atoms with Crippen LogP contribution in [0.25, 0.3) is 66.0 Å². The van der Waals surface area contributed by atoms with Gasteiger partial charge in [-0.15, -0.1) is 0 Å². The lowest BCUT2D eigenvalue weighted by Crippen LogP contribution is -2.15. The highest BCUT2D eigenvalue weighted by Gasteiger charge is 2.22. The standard InChI is InChI=1S/C42H38N2/c1-41(2,3)37-24-20-28-19-21-35-36(26-38(42(4,5)6)44-40(35)39(28)43-37)30-16-12-15-29(25-30)32-23-22-31(27-13-8-7-9-14-27)33-17-10-11-18-34(32)33/h7-26H,1-6H3. The molecule has 2 heterocycles. The Morgan fingerprint density at radius 2 is 0.932 bits per heavy atom. The second kappa shape index (κ2) is 10.4. The molecule has 2 heteroatoms. The van der Waals surface area contributed by atoms with Crippen LogP contribution in [0.4, 0.5) is 0 Å². The van der Waals surface area contributed by atoms with Gasteiger partial charge in [0.2, 0.25) is 0 Å². The van der Waals surface area contributed by atoms with Gasteiger partial charge in [0.05, 0.1) is 11.0 Å². The smallest absolute Gasteiger partial charge is 0.0974 e. The maximum absolute atomic E-state index is 5.28. The van der Waals surface area contributed by atoms with Crippen molar-refractivity contribution < 1.29 is 0 Å². The second-order valence-electron chi connectivity index (χ2n) is 13.9. The molecule has 0 amide bonds. The first-order chi connectivity index (χ1) is 21.1. The van der Waals surface area contributed by atoms with E-state index in [0.29, 0.717) is 0 Å². The van der Waals surface area contributed by atoms with Crippen molar-refractivity contribution in [2.24, 2.45) is 0 Å². The molecule has 7 aromatic rings. The molecule has 0 saturated carbocycles. The molecule has 44 heavy (non-hydrogen) atoms. The number of pyridine rings is 2. The minimum atomic E-state index is -0.117. The topological polar surface area (TPSA) is 25.8 Å². The van der Waals surface area contributed by atoms with Gasteiger partial charge in [0, 0.05) is 33.0 Å². The van der Waals surface area contributed by atoms with Crippen molar-refractivity contribution in [1.29, 1.82) is 0 Å². The summed E-state index contributed by atoms with van der Waals surface area (Å²) in [5.74, 6) is 0. The van der Waals surface area contributed by atoms with Crippen LogP contribution in [0.5, 0.6) is 0 Å². The van der Waals surface area contributed by atoms with E-state index in [0.717, 1.165) is 33.2 Å². The zero-order chi connectivity index (χ0) is 30.6. The number of nitrogens with zero attached hydrogens (tertiary/aromatic N) is 2. The molecule has 0 N–H and O–H groups in total. The average molecular weight is 571 g/mol. The summed E-state index contributed by atoms with van der Waals surface area (Å²) in [5.41, 5.74) is 11.2. The maximum atomic E-state index is 5.28. The average Bonchev–Trinajstić information content (AvgIpc) is 3.03. The lowest BCUT2D eigenvalue weighted by atomic mass is 9.87. The Labute approximate surface area is 260 Å². The van der Waals surface area contributed by atoms with Crippen LogP contribution in [-0.4, -0.2) is 9.97 Å². The van der Waals surface area contributed by atoms with Crippen molar-refractivity contribution in [1.82, 2.24) is 9.97 Å². The molecule has 0 saturated heterocycles. The quantitative estimate of drug-likeness (QED) is 0.197. The monoisotopic (exact) mass is 570 g/mol. The normalized spacial score (nSPS) is 12.3. The van der Waals surface area contributed by atoms with Crippen LogP contribution in [0, 0.1) is 0 Å². The molecule has 0 aliphatic rings. The molecule has 0 aliphatic carbocycles. The molecule has 0 atom stereocenters. The van der Waals surface area contributed by atoms with Crippen LogP contribution in [-0.2, 0) is 10.8 Å². The van der Waals surface area contributed by atoms with E-state index in [1.54, 1.807) is 0 Å². The number of benzene rings is 5. The fraction of sp³-hybridized carbons (Fsp3) is 0.190. The summed E-state index contributed by atoms with van der Waals surface area (Å²) >= 11 is 0. The van der Waals surface area contributed by atoms with Crippen LogP contribution in [0.15, 0.2) is 121 Å². The highest BCUT2D eigenvalue weighted by Crippen LogP contribution is 2.40. The van der Waals surface area contributed by atoms with Crippen molar-refractivity contribution in [3.8, 4) is 33.4 Å². The molecule has 5 aromatic carbocycles. The number of fused-ring (bicyclic) bond motifs is 4. The summed E-state index contributed by atoms with van der Waals surface area (Å²) in [6.07, 6.45) is 0.